The molecule has 2 amide bonds. The molecule has 0 aromatic carbocycles. The maximum Gasteiger partial charge on any atom is 0.320 e. The lowest BCUT2D eigenvalue weighted by Crippen LogP contribution is -2.35. The van der Waals surface area contributed by atoms with Crippen molar-refractivity contribution in [2.75, 3.05) is 11.9 Å². The number of fused-ring (bicyclic) bond motifs is 1. The quantitative estimate of drug-likeness (QED) is 0.871. The number of urea groups is 1. The van der Waals surface area contributed by atoms with Crippen LogP contribution in [-0.4, -0.2) is 27.3 Å². The zero-order chi connectivity index (χ0) is 13.1. The molecule has 1 aliphatic rings. The van der Waals surface area contributed by atoms with E-state index < -0.39 is 0 Å². The highest BCUT2D eigenvalue weighted by molar-refractivity contribution is 5.87. The predicted molar refractivity (Wildman–Crippen MR) is 67.6 cm³/mol. The molecule has 3 rings (SSSR count). The van der Waals surface area contributed by atoms with Crippen molar-refractivity contribution in [3.8, 4) is 0 Å². The minimum atomic E-state index is -0.261. The van der Waals surface area contributed by atoms with Crippen molar-refractivity contribution in [1.29, 1.82) is 0 Å². The number of carbonyl (C=O) groups is 1. The number of imidazole rings is 1. The zero-order valence-corrected chi connectivity index (χ0v) is 10.4. The van der Waals surface area contributed by atoms with Crippen LogP contribution in [0.4, 0.5) is 10.6 Å². The monoisotopic (exact) mass is 261 g/mol. The third kappa shape index (κ3) is 2.75. The summed E-state index contributed by atoms with van der Waals surface area (Å²) in [5.74, 6) is 1.93. The molecule has 7 heteroatoms. The Balaban J connectivity index is 1.47. The molecule has 1 atom stereocenters. The molecule has 0 saturated heterocycles. The molecular weight excluding hydrogens is 246 g/mol. The van der Waals surface area contributed by atoms with Crippen LogP contribution in [0.3, 0.4) is 0 Å². The first kappa shape index (κ1) is 11.8. The Morgan fingerprint density at radius 1 is 1.58 bits per heavy atom. The molecule has 0 radical (unpaired) electrons. The fourth-order valence-electron chi connectivity index (χ4n) is 2.26. The molecular formula is C12H15N5O2. The van der Waals surface area contributed by atoms with Crippen LogP contribution < -0.4 is 10.6 Å². The summed E-state index contributed by atoms with van der Waals surface area (Å²) in [6.45, 7) is 1.60. The van der Waals surface area contributed by atoms with Crippen LogP contribution in [0.1, 0.15) is 12.2 Å². The molecule has 2 aromatic heterocycles. The van der Waals surface area contributed by atoms with Gasteiger partial charge < -0.3 is 14.4 Å². The Labute approximate surface area is 110 Å². The van der Waals surface area contributed by atoms with Gasteiger partial charge in [-0.2, -0.15) is 0 Å². The highest BCUT2D eigenvalue weighted by Gasteiger charge is 2.19. The Bertz CT molecular complexity index is 548. The van der Waals surface area contributed by atoms with E-state index in [0.717, 1.165) is 25.2 Å². The SMILES string of the molecule is O=C(NC[C@H]1CCn2ccnc2C1)Nc1ccon1. The summed E-state index contributed by atoms with van der Waals surface area (Å²) in [6, 6.07) is 1.33. The fourth-order valence-corrected chi connectivity index (χ4v) is 2.26. The molecule has 0 unspecified atom stereocenters. The van der Waals surface area contributed by atoms with Crippen molar-refractivity contribution in [2.45, 2.75) is 19.4 Å². The fraction of sp³-hybridized carbons (Fsp3) is 0.417. The lowest BCUT2D eigenvalue weighted by atomic mass is 9.98. The molecule has 3 heterocycles. The van der Waals surface area contributed by atoms with E-state index in [4.69, 9.17) is 0 Å². The third-order valence-electron chi connectivity index (χ3n) is 3.28. The van der Waals surface area contributed by atoms with E-state index in [9.17, 15) is 4.79 Å². The second-order valence-corrected chi connectivity index (χ2v) is 4.62. The summed E-state index contributed by atoms with van der Waals surface area (Å²) in [5.41, 5.74) is 0. The number of nitrogens with one attached hydrogen (secondary N) is 2. The average Bonchev–Trinajstić information content (AvgIpc) is 3.06. The van der Waals surface area contributed by atoms with Gasteiger partial charge in [0.1, 0.15) is 12.1 Å². The zero-order valence-electron chi connectivity index (χ0n) is 10.4. The van der Waals surface area contributed by atoms with Crippen LogP contribution in [0, 0.1) is 5.92 Å². The average molecular weight is 261 g/mol. The molecule has 7 nitrogen and oxygen atoms in total. The number of amides is 2. The van der Waals surface area contributed by atoms with E-state index in [1.54, 1.807) is 6.07 Å². The van der Waals surface area contributed by atoms with Crippen LogP contribution in [0.25, 0.3) is 0 Å². The highest BCUT2D eigenvalue weighted by Crippen LogP contribution is 2.18. The van der Waals surface area contributed by atoms with Crippen LogP contribution in [0.5, 0.6) is 0 Å². The Hall–Kier alpha value is -2.31. The molecule has 1 aliphatic heterocycles. The van der Waals surface area contributed by atoms with E-state index in [1.165, 1.54) is 6.26 Å². The molecule has 0 aliphatic carbocycles. The summed E-state index contributed by atoms with van der Waals surface area (Å²) < 4.78 is 6.80. The highest BCUT2D eigenvalue weighted by atomic mass is 16.5. The predicted octanol–water partition coefficient (Wildman–Crippen LogP) is 1.26. The maximum atomic E-state index is 11.6. The van der Waals surface area contributed by atoms with Gasteiger partial charge in [0.05, 0.1) is 0 Å². The second kappa shape index (κ2) is 5.13. The van der Waals surface area contributed by atoms with Crippen molar-refractivity contribution in [3.63, 3.8) is 0 Å². The minimum Gasteiger partial charge on any atom is -0.363 e. The van der Waals surface area contributed by atoms with Gasteiger partial charge >= 0.3 is 6.03 Å². The number of nitrogens with zero attached hydrogens (tertiary/aromatic N) is 3. The van der Waals surface area contributed by atoms with Gasteiger partial charge in [-0.1, -0.05) is 5.16 Å². The largest absolute Gasteiger partial charge is 0.363 e. The summed E-state index contributed by atoms with van der Waals surface area (Å²) in [4.78, 5) is 15.9. The number of hydrogen-bond acceptors (Lipinski definition) is 4. The Kier molecular flexibility index (Phi) is 3.18. The summed E-state index contributed by atoms with van der Waals surface area (Å²) in [5, 5.41) is 9.06. The number of rotatable bonds is 3. The van der Waals surface area contributed by atoms with Gasteiger partial charge in [0.25, 0.3) is 0 Å². The lowest BCUT2D eigenvalue weighted by molar-refractivity contribution is 0.248. The number of carbonyl (C=O) groups excluding carboxylic acids is 1. The molecule has 0 fully saturated rings. The summed E-state index contributed by atoms with van der Waals surface area (Å²) in [6.07, 6.45) is 7.18. The molecule has 19 heavy (non-hydrogen) atoms. The smallest absolute Gasteiger partial charge is 0.320 e. The molecule has 2 N–H and O–H groups in total. The minimum absolute atomic E-state index is 0.261. The molecule has 2 aromatic rings. The van der Waals surface area contributed by atoms with Crippen LogP contribution in [0.15, 0.2) is 29.2 Å². The maximum absolute atomic E-state index is 11.6. The number of aromatic nitrogens is 3. The molecule has 0 bridgehead atoms. The first-order chi connectivity index (χ1) is 9.31. The Morgan fingerprint density at radius 3 is 3.37 bits per heavy atom. The van der Waals surface area contributed by atoms with Gasteiger partial charge in [-0.05, 0) is 12.3 Å². The number of hydrogen-bond donors (Lipinski definition) is 2. The normalized spacial score (nSPS) is 17.8. The third-order valence-corrected chi connectivity index (χ3v) is 3.28. The van der Waals surface area contributed by atoms with Crippen LogP contribution >= 0.6 is 0 Å². The van der Waals surface area contributed by atoms with E-state index >= 15 is 0 Å². The van der Waals surface area contributed by atoms with Gasteiger partial charge in [-0.15, -0.1) is 0 Å². The molecule has 0 spiro atoms. The van der Waals surface area contributed by atoms with Crippen molar-refractivity contribution in [3.05, 3.63) is 30.5 Å². The lowest BCUT2D eigenvalue weighted by Gasteiger charge is -2.23. The summed E-state index contributed by atoms with van der Waals surface area (Å²) in [7, 11) is 0. The van der Waals surface area contributed by atoms with Gasteiger partial charge in [0, 0.05) is 38.0 Å². The van der Waals surface area contributed by atoms with Gasteiger partial charge in [-0.25, -0.2) is 9.78 Å². The Morgan fingerprint density at radius 2 is 2.53 bits per heavy atom. The van der Waals surface area contributed by atoms with Gasteiger partial charge in [-0.3, -0.25) is 5.32 Å². The van der Waals surface area contributed by atoms with Crippen molar-refractivity contribution in [1.82, 2.24) is 20.0 Å². The molecule has 0 saturated carbocycles. The van der Waals surface area contributed by atoms with Crippen molar-refractivity contribution < 1.29 is 9.32 Å². The first-order valence-corrected chi connectivity index (χ1v) is 6.26. The number of aryl methyl sites for hydroxylation is 1. The van der Waals surface area contributed by atoms with E-state index in [2.05, 4.69) is 29.9 Å². The van der Waals surface area contributed by atoms with Crippen LogP contribution in [0.2, 0.25) is 0 Å². The van der Waals surface area contributed by atoms with E-state index in [1.807, 2.05) is 12.4 Å². The topological polar surface area (TPSA) is 85.0 Å². The standard InChI is InChI=1S/C12H15N5O2/c18-12(15-10-2-6-19-16-10)14-8-9-1-4-17-5-3-13-11(17)7-9/h2-3,5-6,9H,1,4,7-8H2,(H2,14,15,16,18)/t9-/m0/s1. The molecule has 100 valence electrons. The second-order valence-electron chi connectivity index (χ2n) is 4.62. The van der Waals surface area contributed by atoms with Gasteiger partial charge in [0.2, 0.25) is 0 Å². The van der Waals surface area contributed by atoms with Crippen LogP contribution in [-0.2, 0) is 13.0 Å². The summed E-state index contributed by atoms with van der Waals surface area (Å²) >= 11 is 0. The van der Waals surface area contributed by atoms with Crippen molar-refractivity contribution >= 4 is 11.8 Å². The number of anilines is 1. The first-order valence-electron chi connectivity index (χ1n) is 6.26. The van der Waals surface area contributed by atoms with Crippen molar-refractivity contribution in [2.24, 2.45) is 5.92 Å². The van der Waals surface area contributed by atoms with E-state index in [0.29, 0.717) is 18.3 Å². The van der Waals surface area contributed by atoms with E-state index in [-0.39, 0.29) is 6.03 Å². The van der Waals surface area contributed by atoms with Gasteiger partial charge in [0.15, 0.2) is 5.82 Å².